The third kappa shape index (κ3) is 4.62. The summed E-state index contributed by atoms with van der Waals surface area (Å²) in [5, 5.41) is 12.1. The molecule has 0 radical (unpaired) electrons. The van der Waals surface area contributed by atoms with Gasteiger partial charge in [-0.1, -0.05) is 6.07 Å². The van der Waals surface area contributed by atoms with E-state index < -0.39 is 17.8 Å². The van der Waals surface area contributed by atoms with Crippen LogP contribution in [0.25, 0.3) is 0 Å². The zero-order chi connectivity index (χ0) is 12.9. The van der Waals surface area contributed by atoms with Crippen LogP contribution in [-0.2, 0) is 6.18 Å². The van der Waals surface area contributed by atoms with Crippen LogP contribution in [0.4, 0.5) is 13.2 Å². The molecular weight excluding hydrogens is 235 g/mol. The standard InChI is InChI=1S/C11H14F3NO2/c1-15-6-9(16)7-17-10-4-2-3-8(5-10)11(12,13)14/h2-5,9,15-16H,6-7H2,1H3. The van der Waals surface area contributed by atoms with Crippen LogP contribution < -0.4 is 10.1 Å². The highest BCUT2D eigenvalue weighted by Gasteiger charge is 2.30. The average Bonchev–Trinajstić information content (AvgIpc) is 2.26. The third-order valence-corrected chi connectivity index (χ3v) is 2.04. The molecule has 1 unspecified atom stereocenters. The lowest BCUT2D eigenvalue weighted by Crippen LogP contribution is -2.29. The van der Waals surface area contributed by atoms with E-state index in [1.54, 1.807) is 7.05 Å². The second kappa shape index (κ2) is 5.88. The molecule has 1 rings (SSSR count). The molecule has 96 valence electrons. The number of aliphatic hydroxyl groups excluding tert-OH is 1. The average molecular weight is 249 g/mol. The lowest BCUT2D eigenvalue weighted by atomic mass is 10.2. The number of hydrogen-bond acceptors (Lipinski definition) is 3. The van der Waals surface area contributed by atoms with Crippen molar-refractivity contribution in [3.63, 3.8) is 0 Å². The number of alkyl halides is 3. The van der Waals surface area contributed by atoms with Gasteiger partial charge in [-0.05, 0) is 25.2 Å². The van der Waals surface area contributed by atoms with Crippen molar-refractivity contribution in [1.29, 1.82) is 0 Å². The molecule has 17 heavy (non-hydrogen) atoms. The maximum atomic E-state index is 12.4. The molecule has 3 nitrogen and oxygen atoms in total. The minimum Gasteiger partial charge on any atom is -0.491 e. The molecule has 0 bridgehead atoms. The molecule has 0 saturated heterocycles. The van der Waals surface area contributed by atoms with Gasteiger partial charge in [0.1, 0.15) is 18.5 Å². The molecule has 1 atom stereocenters. The van der Waals surface area contributed by atoms with Gasteiger partial charge in [0.15, 0.2) is 0 Å². The van der Waals surface area contributed by atoms with E-state index in [2.05, 4.69) is 5.32 Å². The van der Waals surface area contributed by atoms with Crippen LogP contribution in [0, 0.1) is 0 Å². The van der Waals surface area contributed by atoms with Gasteiger partial charge in [0.25, 0.3) is 0 Å². The first-order valence-corrected chi connectivity index (χ1v) is 5.06. The molecule has 0 heterocycles. The van der Waals surface area contributed by atoms with E-state index in [0.717, 1.165) is 12.1 Å². The van der Waals surface area contributed by atoms with Crippen LogP contribution in [0.3, 0.4) is 0 Å². The van der Waals surface area contributed by atoms with E-state index in [4.69, 9.17) is 4.74 Å². The monoisotopic (exact) mass is 249 g/mol. The number of rotatable bonds is 5. The number of aliphatic hydroxyl groups is 1. The highest BCUT2D eigenvalue weighted by molar-refractivity contribution is 5.30. The van der Waals surface area contributed by atoms with Gasteiger partial charge in [0.05, 0.1) is 5.56 Å². The lowest BCUT2D eigenvalue weighted by molar-refractivity contribution is -0.137. The number of halogens is 3. The summed E-state index contributed by atoms with van der Waals surface area (Å²) in [6, 6.07) is 4.56. The van der Waals surface area contributed by atoms with Crippen LogP contribution in [-0.4, -0.2) is 31.4 Å². The molecule has 0 aliphatic heterocycles. The first-order chi connectivity index (χ1) is 7.93. The Kier molecular flexibility index (Phi) is 4.77. The van der Waals surface area contributed by atoms with Gasteiger partial charge in [-0.3, -0.25) is 0 Å². The second-order valence-electron chi connectivity index (χ2n) is 3.55. The van der Waals surface area contributed by atoms with E-state index in [9.17, 15) is 18.3 Å². The quantitative estimate of drug-likeness (QED) is 0.834. The van der Waals surface area contributed by atoms with Gasteiger partial charge >= 0.3 is 6.18 Å². The van der Waals surface area contributed by atoms with Crippen molar-refractivity contribution in [1.82, 2.24) is 5.32 Å². The van der Waals surface area contributed by atoms with Crippen molar-refractivity contribution in [3.05, 3.63) is 29.8 Å². The second-order valence-corrected chi connectivity index (χ2v) is 3.55. The van der Waals surface area contributed by atoms with Gasteiger partial charge in [0, 0.05) is 6.54 Å². The van der Waals surface area contributed by atoms with Gasteiger partial charge < -0.3 is 15.2 Å². The van der Waals surface area contributed by atoms with Gasteiger partial charge in [-0.2, -0.15) is 13.2 Å². The van der Waals surface area contributed by atoms with Crippen molar-refractivity contribution >= 4 is 0 Å². The van der Waals surface area contributed by atoms with Crippen LogP contribution in [0.1, 0.15) is 5.56 Å². The largest absolute Gasteiger partial charge is 0.491 e. The Morgan fingerprint density at radius 1 is 1.41 bits per heavy atom. The summed E-state index contributed by atoms with van der Waals surface area (Å²) in [6.45, 7) is 0.265. The fourth-order valence-electron chi connectivity index (χ4n) is 1.25. The van der Waals surface area contributed by atoms with Crippen molar-refractivity contribution in [3.8, 4) is 5.75 Å². The van der Waals surface area contributed by atoms with Crippen LogP contribution in [0.2, 0.25) is 0 Å². The van der Waals surface area contributed by atoms with Crippen LogP contribution in [0.5, 0.6) is 5.75 Å². The lowest BCUT2D eigenvalue weighted by Gasteiger charge is -2.13. The SMILES string of the molecule is CNCC(O)COc1cccc(C(F)(F)F)c1. The molecule has 0 aliphatic carbocycles. The number of benzene rings is 1. The topological polar surface area (TPSA) is 41.5 Å². The predicted octanol–water partition coefficient (Wildman–Crippen LogP) is 1.66. The summed E-state index contributed by atoms with van der Waals surface area (Å²) in [4.78, 5) is 0. The zero-order valence-electron chi connectivity index (χ0n) is 9.29. The number of nitrogens with one attached hydrogen (secondary N) is 1. The third-order valence-electron chi connectivity index (χ3n) is 2.04. The molecule has 0 fully saturated rings. The van der Waals surface area contributed by atoms with E-state index >= 15 is 0 Å². The van der Waals surface area contributed by atoms with E-state index in [0.29, 0.717) is 6.54 Å². The number of hydrogen-bond donors (Lipinski definition) is 2. The van der Waals surface area contributed by atoms with E-state index in [1.807, 2.05) is 0 Å². The molecule has 6 heteroatoms. The molecule has 1 aromatic carbocycles. The first-order valence-electron chi connectivity index (χ1n) is 5.06. The fraction of sp³-hybridized carbons (Fsp3) is 0.455. The first kappa shape index (κ1) is 13.8. The van der Waals surface area contributed by atoms with Gasteiger partial charge in [-0.25, -0.2) is 0 Å². The Hall–Kier alpha value is -1.27. The Labute approximate surface area is 97.2 Å². The van der Waals surface area contributed by atoms with E-state index in [-0.39, 0.29) is 12.4 Å². The van der Waals surface area contributed by atoms with Crippen LogP contribution in [0.15, 0.2) is 24.3 Å². The summed E-state index contributed by atoms with van der Waals surface area (Å²) in [5.41, 5.74) is -0.766. The zero-order valence-corrected chi connectivity index (χ0v) is 9.29. The predicted molar refractivity (Wildman–Crippen MR) is 56.9 cm³/mol. The van der Waals surface area contributed by atoms with Crippen molar-refractivity contribution < 1.29 is 23.0 Å². The summed E-state index contributed by atoms with van der Waals surface area (Å²) in [7, 11) is 1.66. The van der Waals surface area contributed by atoms with Gasteiger partial charge in [-0.15, -0.1) is 0 Å². The molecule has 1 aromatic rings. The molecule has 0 saturated carbocycles. The normalized spacial score (nSPS) is 13.5. The molecule has 0 aliphatic rings. The fourth-order valence-corrected chi connectivity index (χ4v) is 1.25. The van der Waals surface area contributed by atoms with Crippen molar-refractivity contribution in [2.24, 2.45) is 0 Å². The molecular formula is C11H14F3NO2. The van der Waals surface area contributed by atoms with Crippen LogP contribution >= 0.6 is 0 Å². The Bertz CT molecular complexity index is 355. The summed E-state index contributed by atoms with van der Waals surface area (Å²) in [5.74, 6) is 0.0926. The molecule has 0 amide bonds. The molecule has 0 aromatic heterocycles. The summed E-state index contributed by atoms with van der Waals surface area (Å²) < 4.78 is 42.2. The number of likely N-dealkylation sites (N-methyl/N-ethyl adjacent to an activating group) is 1. The maximum Gasteiger partial charge on any atom is 0.416 e. The minimum absolute atomic E-state index is 0.0534. The Balaban J connectivity index is 2.60. The van der Waals surface area contributed by atoms with Crippen molar-refractivity contribution in [2.75, 3.05) is 20.2 Å². The van der Waals surface area contributed by atoms with Gasteiger partial charge in [0.2, 0.25) is 0 Å². The smallest absolute Gasteiger partial charge is 0.416 e. The Morgan fingerprint density at radius 3 is 2.71 bits per heavy atom. The Morgan fingerprint density at radius 2 is 2.12 bits per heavy atom. The van der Waals surface area contributed by atoms with Crippen molar-refractivity contribution in [2.45, 2.75) is 12.3 Å². The number of ether oxygens (including phenoxy) is 1. The maximum absolute atomic E-state index is 12.4. The highest BCUT2D eigenvalue weighted by atomic mass is 19.4. The summed E-state index contributed by atoms with van der Waals surface area (Å²) in [6.07, 6.45) is -5.14. The minimum atomic E-state index is -4.39. The molecule has 2 N–H and O–H groups in total. The molecule has 0 spiro atoms. The van der Waals surface area contributed by atoms with E-state index in [1.165, 1.54) is 12.1 Å². The summed E-state index contributed by atoms with van der Waals surface area (Å²) >= 11 is 0. The highest BCUT2D eigenvalue weighted by Crippen LogP contribution is 2.31.